The molecule has 3 amide bonds. The molecule has 1 aromatic heterocycles. The second kappa shape index (κ2) is 4.78. The van der Waals surface area contributed by atoms with Crippen molar-refractivity contribution in [3.8, 4) is 0 Å². The average molecular weight is 301 g/mol. The number of aromatic nitrogens is 1. The van der Waals surface area contributed by atoms with Crippen molar-refractivity contribution < 1.29 is 14.4 Å². The number of anilines is 1. The molecule has 0 atom stereocenters. The highest BCUT2D eigenvalue weighted by atomic mass is 32.1. The number of nitrogens with zero attached hydrogens (tertiary/aromatic N) is 2. The highest BCUT2D eigenvalue weighted by Crippen LogP contribution is 2.23. The Labute approximate surface area is 124 Å². The third-order valence-corrected chi connectivity index (χ3v) is 4.02. The van der Waals surface area contributed by atoms with Gasteiger partial charge >= 0.3 is 0 Å². The van der Waals surface area contributed by atoms with Gasteiger partial charge in [-0.25, -0.2) is 4.98 Å². The van der Waals surface area contributed by atoms with Gasteiger partial charge in [0.05, 0.1) is 11.1 Å². The molecular weight excluding hydrogens is 290 g/mol. The standard InChI is InChI=1S/C14H11N3O3S/c1-7-6-15-14(21-7)16-11(18)8-3-4-9-10(5-8)13(20)17(2)12(9)19/h3-6H,1-2H3,(H,15,16,18). The van der Waals surface area contributed by atoms with Gasteiger partial charge in [-0.1, -0.05) is 0 Å². The normalized spacial score (nSPS) is 13.5. The monoisotopic (exact) mass is 301 g/mol. The minimum atomic E-state index is -0.394. The van der Waals surface area contributed by atoms with Crippen LogP contribution in [-0.2, 0) is 0 Å². The molecule has 0 bridgehead atoms. The van der Waals surface area contributed by atoms with Crippen LogP contribution < -0.4 is 5.32 Å². The summed E-state index contributed by atoms with van der Waals surface area (Å²) in [6.07, 6.45) is 1.67. The number of carbonyl (C=O) groups is 3. The summed E-state index contributed by atoms with van der Waals surface area (Å²) in [5.74, 6) is -1.10. The molecule has 1 aliphatic rings. The van der Waals surface area contributed by atoms with E-state index >= 15 is 0 Å². The van der Waals surface area contributed by atoms with E-state index in [-0.39, 0.29) is 17.4 Å². The van der Waals surface area contributed by atoms with Crippen molar-refractivity contribution in [1.82, 2.24) is 9.88 Å². The summed E-state index contributed by atoms with van der Waals surface area (Å²) in [7, 11) is 1.42. The third-order valence-electron chi connectivity index (χ3n) is 3.19. The zero-order valence-corrected chi connectivity index (χ0v) is 12.2. The van der Waals surface area contributed by atoms with Crippen LogP contribution in [0, 0.1) is 6.92 Å². The molecule has 106 valence electrons. The molecule has 6 nitrogen and oxygen atoms in total. The van der Waals surface area contributed by atoms with Crippen LogP contribution in [0.25, 0.3) is 0 Å². The number of hydrogen-bond acceptors (Lipinski definition) is 5. The van der Waals surface area contributed by atoms with Crippen LogP contribution in [0.5, 0.6) is 0 Å². The second-order valence-electron chi connectivity index (χ2n) is 4.66. The largest absolute Gasteiger partial charge is 0.298 e. The van der Waals surface area contributed by atoms with Crippen molar-refractivity contribution in [3.63, 3.8) is 0 Å². The van der Waals surface area contributed by atoms with Crippen molar-refractivity contribution in [2.24, 2.45) is 0 Å². The van der Waals surface area contributed by atoms with Crippen molar-refractivity contribution in [3.05, 3.63) is 46.0 Å². The quantitative estimate of drug-likeness (QED) is 0.860. The van der Waals surface area contributed by atoms with E-state index in [4.69, 9.17) is 0 Å². The summed E-state index contributed by atoms with van der Waals surface area (Å²) < 4.78 is 0. The Hall–Kier alpha value is -2.54. The predicted octanol–water partition coefficient (Wildman–Crippen LogP) is 1.93. The molecule has 0 radical (unpaired) electrons. The summed E-state index contributed by atoms with van der Waals surface area (Å²) in [6, 6.07) is 4.47. The summed E-state index contributed by atoms with van der Waals surface area (Å²) in [5.41, 5.74) is 0.896. The zero-order chi connectivity index (χ0) is 15.1. The first-order chi connectivity index (χ1) is 9.97. The van der Waals surface area contributed by atoms with Crippen LogP contribution in [-0.4, -0.2) is 34.7 Å². The first-order valence-corrected chi connectivity index (χ1v) is 6.99. The number of hydrogen-bond donors (Lipinski definition) is 1. The van der Waals surface area contributed by atoms with Gasteiger partial charge in [0.2, 0.25) is 0 Å². The van der Waals surface area contributed by atoms with E-state index < -0.39 is 5.91 Å². The highest BCUT2D eigenvalue weighted by molar-refractivity contribution is 7.15. The maximum Gasteiger partial charge on any atom is 0.261 e. The topological polar surface area (TPSA) is 79.4 Å². The van der Waals surface area contributed by atoms with Crippen LogP contribution in [0.2, 0.25) is 0 Å². The van der Waals surface area contributed by atoms with E-state index in [0.717, 1.165) is 9.78 Å². The van der Waals surface area contributed by atoms with E-state index in [2.05, 4.69) is 10.3 Å². The van der Waals surface area contributed by atoms with Gasteiger partial charge < -0.3 is 0 Å². The summed E-state index contributed by atoms with van der Waals surface area (Å²) in [4.78, 5) is 41.9. The number of fused-ring (bicyclic) bond motifs is 1. The summed E-state index contributed by atoms with van der Waals surface area (Å²) >= 11 is 1.37. The molecule has 2 aromatic rings. The lowest BCUT2D eigenvalue weighted by Crippen LogP contribution is -2.24. The second-order valence-corrected chi connectivity index (χ2v) is 5.89. The Kier molecular flexibility index (Phi) is 3.06. The molecular formula is C14H11N3O3S. The van der Waals surface area contributed by atoms with Crippen molar-refractivity contribution in [2.75, 3.05) is 12.4 Å². The molecule has 0 fully saturated rings. The van der Waals surface area contributed by atoms with Crippen LogP contribution in [0.3, 0.4) is 0 Å². The summed E-state index contributed by atoms with van der Waals surface area (Å²) in [6.45, 7) is 1.89. The average Bonchev–Trinajstić information content (AvgIpc) is 2.97. The van der Waals surface area contributed by atoms with Crippen LogP contribution in [0.15, 0.2) is 24.4 Å². The minimum absolute atomic E-state index is 0.255. The molecule has 0 saturated carbocycles. The number of rotatable bonds is 2. The SMILES string of the molecule is Cc1cnc(NC(=O)c2ccc3c(c2)C(=O)N(C)C3=O)s1. The fourth-order valence-electron chi connectivity index (χ4n) is 2.08. The van der Waals surface area contributed by atoms with Crippen molar-refractivity contribution in [1.29, 1.82) is 0 Å². The fraction of sp³-hybridized carbons (Fsp3) is 0.143. The number of carbonyl (C=O) groups excluding carboxylic acids is 3. The molecule has 1 aromatic carbocycles. The van der Waals surface area contributed by atoms with Gasteiger partial charge in [0, 0.05) is 23.7 Å². The number of aryl methyl sites for hydroxylation is 1. The summed E-state index contributed by atoms with van der Waals surface area (Å²) in [5, 5.41) is 3.16. The first-order valence-electron chi connectivity index (χ1n) is 6.17. The molecule has 3 rings (SSSR count). The van der Waals surface area contributed by atoms with Gasteiger partial charge in [-0.05, 0) is 25.1 Å². The lowest BCUT2D eigenvalue weighted by molar-refractivity contribution is 0.0693. The Balaban J connectivity index is 1.89. The molecule has 1 N–H and O–H groups in total. The maximum absolute atomic E-state index is 12.1. The lowest BCUT2D eigenvalue weighted by Gasteiger charge is -2.03. The Morgan fingerprint density at radius 3 is 2.62 bits per heavy atom. The lowest BCUT2D eigenvalue weighted by atomic mass is 10.1. The van der Waals surface area contributed by atoms with Gasteiger partial charge in [0.25, 0.3) is 17.7 Å². The smallest absolute Gasteiger partial charge is 0.261 e. The number of nitrogens with one attached hydrogen (secondary N) is 1. The number of amides is 3. The van der Waals surface area contributed by atoms with Crippen molar-refractivity contribution in [2.45, 2.75) is 6.92 Å². The van der Waals surface area contributed by atoms with E-state index in [0.29, 0.717) is 16.3 Å². The Morgan fingerprint density at radius 1 is 1.24 bits per heavy atom. The molecule has 0 saturated heterocycles. The molecule has 1 aliphatic heterocycles. The van der Waals surface area contributed by atoms with Crippen LogP contribution in [0.4, 0.5) is 5.13 Å². The molecule has 21 heavy (non-hydrogen) atoms. The predicted molar refractivity (Wildman–Crippen MR) is 77.7 cm³/mol. The van der Waals surface area contributed by atoms with Gasteiger partial charge in [0.15, 0.2) is 5.13 Å². The Bertz CT molecular complexity index is 782. The zero-order valence-electron chi connectivity index (χ0n) is 11.3. The number of benzene rings is 1. The van der Waals surface area contributed by atoms with Crippen LogP contribution >= 0.6 is 11.3 Å². The minimum Gasteiger partial charge on any atom is -0.298 e. The molecule has 0 aliphatic carbocycles. The van der Waals surface area contributed by atoms with E-state index in [1.54, 1.807) is 6.20 Å². The van der Waals surface area contributed by atoms with Gasteiger partial charge in [-0.2, -0.15) is 0 Å². The molecule has 2 heterocycles. The molecule has 0 unspecified atom stereocenters. The van der Waals surface area contributed by atoms with Crippen molar-refractivity contribution >= 4 is 34.2 Å². The van der Waals surface area contributed by atoms with E-state index in [9.17, 15) is 14.4 Å². The number of thiazole rings is 1. The number of imide groups is 1. The maximum atomic E-state index is 12.1. The molecule has 0 spiro atoms. The van der Waals surface area contributed by atoms with E-state index in [1.165, 1.54) is 36.6 Å². The van der Waals surface area contributed by atoms with Gasteiger partial charge in [0.1, 0.15) is 0 Å². The van der Waals surface area contributed by atoms with Gasteiger partial charge in [-0.3, -0.25) is 24.6 Å². The van der Waals surface area contributed by atoms with Crippen LogP contribution in [0.1, 0.15) is 36.0 Å². The molecule has 7 heteroatoms. The highest BCUT2D eigenvalue weighted by Gasteiger charge is 2.33. The van der Waals surface area contributed by atoms with E-state index in [1.807, 2.05) is 6.92 Å². The van der Waals surface area contributed by atoms with Gasteiger partial charge in [-0.15, -0.1) is 11.3 Å². The fourth-order valence-corrected chi connectivity index (χ4v) is 2.74. The first kappa shape index (κ1) is 13.4. The Morgan fingerprint density at radius 2 is 1.95 bits per heavy atom. The third kappa shape index (κ3) is 2.21.